The van der Waals surface area contributed by atoms with E-state index in [0.717, 1.165) is 25.8 Å². The first-order valence-electron chi connectivity index (χ1n) is 5.36. The molecule has 78 valence electrons. The molecule has 1 heterocycles. The van der Waals surface area contributed by atoms with Crippen LogP contribution in [0.2, 0.25) is 0 Å². The molecule has 2 atom stereocenters. The van der Waals surface area contributed by atoms with Crippen LogP contribution < -0.4 is 0 Å². The van der Waals surface area contributed by atoms with Crippen molar-refractivity contribution < 1.29 is 5.11 Å². The molecule has 0 unspecified atom stereocenters. The van der Waals surface area contributed by atoms with Gasteiger partial charge in [-0.05, 0) is 47.0 Å². The second kappa shape index (κ2) is 3.97. The fourth-order valence-electron chi connectivity index (χ4n) is 2.24. The van der Waals surface area contributed by atoms with Crippen LogP contribution in [0.25, 0.3) is 0 Å². The average Bonchev–Trinajstić information content (AvgIpc) is 2.12. The largest absolute Gasteiger partial charge is 0.393 e. The molecule has 2 nitrogen and oxygen atoms in total. The Labute approximate surface area is 81.9 Å². The van der Waals surface area contributed by atoms with Gasteiger partial charge in [-0.1, -0.05) is 0 Å². The maximum absolute atomic E-state index is 9.56. The van der Waals surface area contributed by atoms with Crippen LogP contribution in [0.3, 0.4) is 0 Å². The molecule has 1 fully saturated rings. The van der Waals surface area contributed by atoms with Gasteiger partial charge in [0.1, 0.15) is 0 Å². The molecule has 1 saturated heterocycles. The van der Waals surface area contributed by atoms with Crippen molar-refractivity contribution in [2.75, 3.05) is 6.54 Å². The predicted molar refractivity (Wildman–Crippen MR) is 55.8 cm³/mol. The van der Waals surface area contributed by atoms with E-state index >= 15 is 0 Å². The Bertz CT molecular complexity index is 162. The molecular formula is C11H23NO. The molecule has 1 N–H and O–H groups in total. The number of likely N-dealkylation sites (tertiary alicyclic amines) is 1. The van der Waals surface area contributed by atoms with Crippen LogP contribution in [-0.4, -0.2) is 34.2 Å². The third-order valence-corrected chi connectivity index (χ3v) is 3.01. The maximum atomic E-state index is 9.56. The van der Waals surface area contributed by atoms with E-state index in [1.807, 2.05) is 0 Å². The minimum atomic E-state index is -0.0743. The van der Waals surface area contributed by atoms with E-state index in [1.54, 1.807) is 0 Å². The number of aliphatic hydroxyl groups is 1. The highest BCUT2D eigenvalue weighted by molar-refractivity contribution is 4.84. The zero-order valence-corrected chi connectivity index (χ0v) is 9.38. The van der Waals surface area contributed by atoms with E-state index in [9.17, 15) is 5.11 Å². The van der Waals surface area contributed by atoms with Crippen molar-refractivity contribution >= 4 is 0 Å². The molecule has 0 aliphatic carbocycles. The highest BCUT2D eigenvalue weighted by Gasteiger charge is 2.28. The molecule has 13 heavy (non-hydrogen) atoms. The minimum absolute atomic E-state index is 0.0743. The van der Waals surface area contributed by atoms with E-state index in [4.69, 9.17) is 0 Å². The molecule has 1 aliphatic heterocycles. The summed E-state index contributed by atoms with van der Waals surface area (Å²) in [5.41, 5.74) is 0.240. The molecule has 0 spiro atoms. The first kappa shape index (κ1) is 11.0. The summed E-state index contributed by atoms with van der Waals surface area (Å²) in [4.78, 5) is 2.50. The molecule has 0 saturated carbocycles. The second-order valence-electron chi connectivity index (χ2n) is 5.23. The van der Waals surface area contributed by atoms with Gasteiger partial charge < -0.3 is 5.11 Å². The summed E-state index contributed by atoms with van der Waals surface area (Å²) in [7, 11) is 0. The Balaban J connectivity index is 2.62. The van der Waals surface area contributed by atoms with Gasteiger partial charge in [0.05, 0.1) is 6.10 Å². The zero-order valence-electron chi connectivity index (χ0n) is 9.38. The Morgan fingerprint density at radius 3 is 2.31 bits per heavy atom. The standard InChI is InChI=1S/C11H23NO/c1-9-5-6-10(13)7-8-12(9)11(2,3)4/h9-10,13H,5-8H2,1-4H3/t9-,10+/m1/s1. The van der Waals surface area contributed by atoms with Crippen LogP contribution in [-0.2, 0) is 0 Å². The lowest BCUT2D eigenvalue weighted by Gasteiger charge is -2.39. The van der Waals surface area contributed by atoms with Crippen molar-refractivity contribution in [3.8, 4) is 0 Å². The van der Waals surface area contributed by atoms with E-state index < -0.39 is 0 Å². The molecule has 0 aromatic heterocycles. The summed E-state index contributed by atoms with van der Waals surface area (Å²) in [5, 5.41) is 9.56. The number of nitrogens with zero attached hydrogens (tertiary/aromatic N) is 1. The average molecular weight is 185 g/mol. The van der Waals surface area contributed by atoms with Crippen molar-refractivity contribution in [3.63, 3.8) is 0 Å². The van der Waals surface area contributed by atoms with E-state index in [-0.39, 0.29) is 11.6 Å². The number of aliphatic hydroxyl groups excluding tert-OH is 1. The number of rotatable bonds is 0. The normalized spacial score (nSPS) is 33.0. The van der Waals surface area contributed by atoms with Crippen molar-refractivity contribution in [3.05, 3.63) is 0 Å². The lowest BCUT2D eigenvalue weighted by atomic mass is 10.0. The van der Waals surface area contributed by atoms with Gasteiger partial charge in [-0.2, -0.15) is 0 Å². The van der Waals surface area contributed by atoms with Gasteiger partial charge in [0.15, 0.2) is 0 Å². The van der Waals surface area contributed by atoms with Crippen LogP contribution in [0, 0.1) is 0 Å². The first-order valence-corrected chi connectivity index (χ1v) is 5.36. The molecule has 0 aromatic rings. The molecule has 1 aliphatic rings. The fourth-order valence-corrected chi connectivity index (χ4v) is 2.24. The van der Waals surface area contributed by atoms with Crippen molar-refractivity contribution in [2.45, 2.75) is 64.6 Å². The lowest BCUT2D eigenvalue weighted by Crippen LogP contribution is -2.46. The van der Waals surface area contributed by atoms with Crippen LogP contribution in [0.4, 0.5) is 0 Å². The first-order chi connectivity index (χ1) is 5.91. The number of hydrogen-bond donors (Lipinski definition) is 1. The predicted octanol–water partition coefficient (Wildman–Crippen LogP) is 2.02. The quantitative estimate of drug-likeness (QED) is 0.624. The SMILES string of the molecule is C[C@@H]1CC[C@H](O)CCN1C(C)(C)C. The van der Waals surface area contributed by atoms with Crippen LogP contribution >= 0.6 is 0 Å². The topological polar surface area (TPSA) is 23.5 Å². The van der Waals surface area contributed by atoms with Gasteiger partial charge in [0.25, 0.3) is 0 Å². The molecule has 1 rings (SSSR count). The van der Waals surface area contributed by atoms with Crippen molar-refractivity contribution in [1.82, 2.24) is 4.90 Å². The Hall–Kier alpha value is -0.0800. The van der Waals surface area contributed by atoms with E-state index in [1.165, 1.54) is 0 Å². The van der Waals surface area contributed by atoms with Gasteiger partial charge in [-0.15, -0.1) is 0 Å². The summed E-state index contributed by atoms with van der Waals surface area (Å²) in [6.07, 6.45) is 2.95. The van der Waals surface area contributed by atoms with Gasteiger partial charge in [-0.25, -0.2) is 0 Å². The zero-order chi connectivity index (χ0) is 10.1. The van der Waals surface area contributed by atoms with Gasteiger partial charge in [0, 0.05) is 18.1 Å². The Morgan fingerprint density at radius 2 is 1.77 bits per heavy atom. The summed E-state index contributed by atoms with van der Waals surface area (Å²) >= 11 is 0. The van der Waals surface area contributed by atoms with Gasteiger partial charge in [0.2, 0.25) is 0 Å². The van der Waals surface area contributed by atoms with Crippen LogP contribution in [0.1, 0.15) is 47.0 Å². The van der Waals surface area contributed by atoms with Crippen LogP contribution in [0.5, 0.6) is 0 Å². The van der Waals surface area contributed by atoms with Crippen LogP contribution in [0.15, 0.2) is 0 Å². The van der Waals surface area contributed by atoms with Gasteiger partial charge >= 0.3 is 0 Å². The molecule has 0 amide bonds. The summed E-state index contributed by atoms with van der Waals surface area (Å²) in [6.45, 7) is 10.1. The second-order valence-corrected chi connectivity index (χ2v) is 5.23. The minimum Gasteiger partial charge on any atom is -0.393 e. The molecule has 0 bridgehead atoms. The Morgan fingerprint density at radius 1 is 1.15 bits per heavy atom. The number of hydrogen-bond acceptors (Lipinski definition) is 2. The smallest absolute Gasteiger partial charge is 0.0553 e. The van der Waals surface area contributed by atoms with Crippen molar-refractivity contribution in [1.29, 1.82) is 0 Å². The fraction of sp³-hybridized carbons (Fsp3) is 1.00. The van der Waals surface area contributed by atoms with Gasteiger partial charge in [-0.3, -0.25) is 4.90 Å². The summed E-state index contributed by atoms with van der Waals surface area (Å²) in [6, 6.07) is 0.608. The molecular weight excluding hydrogens is 162 g/mol. The molecule has 2 heteroatoms. The lowest BCUT2D eigenvalue weighted by molar-refractivity contribution is 0.0892. The highest BCUT2D eigenvalue weighted by atomic mass is 16.3. The summed E-state index contributed by atoms with van der Waals surface area (Å²) < 4.78 is 0. The Kier molecular flexibility index (Phi) is 3.36. The van der Waals surface area contributed by atoms with E-state index in [2.05, 4.69) is 32.6 Å². The molecule has 0 radical (unpaired) electrons. The van der Waals surface area contributed by atoms with Crippen molar-refractivity contribution in [2.24, 2.45) is 0 Å². The highest BCUT2D eigenvalue weighted by Crippen LogP contribution is 2.24. The third kappa shape index (κ3) is 2.96. The molecule has 0 aromatic carbocycles. The monoisotopic (exact) mass is 185 g/mol. The third-order valence-electron chi connectivity index (χ3n) is 3.01. The maximum Gasteiger partial charge on any atom is 0.0553 e. The van der Waals surface area contributed by atoms with E-state index in [0.29, 0.717) is 6.04 Å². The summed E-state index contributed by atoms with van der Waals surface area (Å²) in [5.74, 6) is 0.